The lowest BCUT2D eigenvalue weighted by atomic mass is 9.97. The molecule has 1 unspecified atom stereocenters. The van der Waals surface area contributed by atoms with E-state index in [9.17, 15) is 14.4 Å². The van der Waals surface area contributed by atoms with E-state index in [2.05, 4.69) is 15.4 Å². The van der Waals surface area contributed by atoms with Crippen molar-refractivity contribution in [3.05, 3.63) is 59.7 Å². The molecule has 2 N–H and O–H groups in total. The highest BCUT2D eigenvalue weighted by Gasteiger charge is 2.31. The van der Waals surface area contributed by atoms with Crippen LogP contribution in [0.2, 0.25) is 0 Å². The van der Waals surface area contributed by atoms with Gasteiger partial charge in [-0.2, -0.15) is 0 Å². The third kappa shape index (κ3) is 3.12. The Balaban J connectivity index is 1.71. The number of rotatable bonds is 4. The van der Waals surface area contributed by atoms with Crippen molar-refractivity contribution in [3.63, 3.8) is 0 Å². The molecule has 2 aromatic carbocycles. The number of benzene rings is 2. The van der Waals surface area contributed by atoms with Gasteiger partial charge >= 0.3 is 5.97 Å². The molecule has 0 radical (unpaired) electrons. The van der Waals surface area contributed by atoms with Gasteiger partial charge < -0.3 is 15.4 Å². The third-order valence-electron chi connectivity index (χ3n) is 3.87. The summed E-state index contributed by atoms with van der Waals surface area (Å²) < 4.78 is 4.65. The topological polar surface area (TPSA) is 84.5 Å². The summed E-state index contributed by atoms with van der Waals surface area (Å²) in [5, 5.41) is 5.48. The van der Waals surface area contributed by atoms with Crippen LogP contribution in [0.25, 0.3) is 0 Å². The molecule has 0 aliphatic carbocycles. The summed E-state index contributed by atoms with van der Waals surface area (Å²) in [5.74, 6) is -1.47. The third-order valence-corrected chi connectivity index (χ3v) is 3.87. The fraction of sp³-hybridized carbons (Fsp3) is 0.167. The van der Waals surface area contributed by atoms with Gasteiger partial charge in [-0.05, 0) is 29.8 Å². The first-order valence-electron chi connectivity index (χ1n) is 7.46. The van der Waals surface area contributed by atoms with Crippen LogP contribution in [0.1, 0.15) is 28.3 Å². The van der Waals surface area contributed by atoms with Gasteiger partial charge in [-0.15, -0.1) is 0 Å². The Morgan fingerprint density at radius 2 is 1.96 bits per heavy atom. The second kappa shape index (κ2) is 6.54. The van der Waals surface area contributed by atoms with Gasteiger partial charge in [0.2, 0.25) is 11.8 Å². The van der Waals surface area contributed by atoms with Crippen molar-refractivity contribution >= 4 is 29.2 Å². The summed E-state index contributed by atoms with van der Waals surface area (Å²) in [5.41, 5.74) is 2.39. The first-order chi connectivity index (χ1) is 11.6. The Hall–Kier alpha value is -3.15. The van der Waals surface area contributed by atoms with E-state index in [4.69, 9.17) is 0 Å². The van der Waals surface area contributed by atoms with Crippen molar-refractivity contribution in [3.8, 4) is 0 Å². The lowest BCUT2D eigenvalue weighted by Crippen LogP contribution is -2.20. The molecule has 3 rings (SSSR count). The number of anilines is 2. The van der Waals surface area contributed by atoms with Crippen LogP contribution in [0.15, 0.2) is 48.5 Å². The predicted octanol–water partition coefficient (Wildman–Crippen LogP) is 2.54. The highest BCUT2D eigenvalue weighted by Crippen LogP contribution is 2.34. The summed E-state index contributed by atoms with van der Waals surface area (Å²) >= 11 is 0. The smallest absolute Gasteiger partial charge is 0.337 e. The molecule has 122 valence electrons. The summed E-state index contributed by atoms with van der Waals surface area (Å²) in [6.45, 7) is 0. The van der Waals surface area contributed by atoms with E-state index in [0.29, 0.717) is 11.3 Å². The quantitative estimate of drug-likeness (QED) is 0.847. The molecule has 0 fully saturated rings. The number of carbonyl (C=O) groups is 3. The van der Waals surface area contributed by atoms with E-state index in [1.165, 1.54) is 13.2 Å². The zero-order valence-electron chi connectivity index (χ0n) is 13.0. The number of fused-ring (bicyclic) bond motifs is 1. The molecule has 2 amide bonds. The number of amides is 2. The fourth-order valence-corrected chi connectivity index (χ4v) is 2.72. The summed E-state index contributed by atoms with van der Waals surface area (Å²) in [4.78, 5) is 35.8. The molecule has 24 heavy (non-hydrogen) atoms. The minimum atomic E-state index is -0.509. The molecule has 1 aliphatic heterocycles. The number of ether oxygens (including phenoxy) is 1. The molecule has 1 aliphatic rings. The van der Waals surface area contributed by atoms with Crippen molar-refractivity contribution in [2.75, 3.05) is 17.7 Å². The Morgan fingerprint density at radius 1 is 1.17 bits per heavy atom. The van der Waals surface area contributed by atoms with Crippen LogP contribution in [-0.2, 0) is 14.3 Å². The minimum absolute atomic E-state index is 0.0330. The Morgan fingerprint density at radius 3 is 2.75 bits per heavy atom. The van der Waals surface area contributed by atoms with E-state index >= 15 is 0 Å². The second-order valence-electron chi connectivity index (χ2n) is 5.45. The predicted molar refractivity (Wildman–Crippen MR) is 88.8 cm³/mol. The zero-order valence-corrected chi connectivity index (χ0v) is 13.0. The van der Waals surface area contributed by atoms with Crippen LogP contribution < -0.4 is 10.6 Å². The van der Waals surface area contributed by atoms with Crippen molar-refractivity contribution < 1.29 is 19.1 Å². The zero-order chi connectivity index (χ0) is 17.1. The lowest BCUT2D eigenvalue weighted by Gasteiger charge is -2.10. The fourth-order valence-electron chi connectivity index (χ4n) is 2.72. The summed E-state index contributed by atoms with van der Waals surface area (Å²) in [6, 6.07) is 13.8. The molecule has 0 saturated carbocycles. The highest BCUT2D eigenvalue weighted by molar-refractivity contribution is 6.06. The van der Waals surface area contributed by atoms with Gasteiger partial charge in [0.15, 0.2) is 0 Å². The van der Waals surface area contributed by atoms with E-state index in [-0.39, 0.29) is 18.2 Å². The lowest BCUT2D eigenvalue weighted by molar-refractivity contribution is -0.122. The maximum Gasteiger partial charge on any atom is 0.337 e. The largest absolute Gasteiger partial charge is 0.465 e. The van der Waals surface area contributed by atoms with Crippen LogP contribution in [0.3, 0.4) is 0 Å². The highest BCUT2D eigenvalue weighted by atomic mass is 16.5. The molecule has 1 heterocycles. The SMILES string of the molecule is COC(=O)c1cccc(NC(=O)CC2C(=O)Nc3ccccc32)c1. The molecule has 0 bridgehead atoms. The minimum Gasteiger partial charge on any atom is -0.465 e. The average molecular weight is 324 g/mol. The first kappa shape index (κ1) is 15.7. The van der Waals surface area contributed by atoms with Gasteiger partial charge in [-0.1, -0.05) is 24.3 Å². The maximum absolute atomic E-state index is 12.3. The molecule has 0 spiro atoms. The first-order valence-corrected chi connectivity index (χ1v) is 7.46. The molecule has 0 aromatic heterocycles. The number of hydrogen-bond acceptors (Lipinski definition) is 4. The van der Waals surface area contributed by atoms with E-state index < -0.39 is 11.9 Å². The van der Waals surface area contributed by atoms with Gasteiger partial charge in [0.25, 0.3) is 0 Å². The Bertz CT molecular complexity index is 816. The van der Waals surface area contributed by atoms with Gasteiger partial charge in [-0.3, -0.25) is 9.59 Å². The molecule has 6 nitrogen and oxygen atoms in total. The number of carbonyl (C=O) groups excluding carboxylic acids is 3. The summed E-state index contributed by atoms with van der Waals surface area (Å²) in [7, 11) is 1.30. The molecular weight excluding hydrogens is 308 g/mol. The Kier molecular flexibility index (Phi) is 4.29. The molecule has 2 aromatic rings. The van der Waals surface area contributed by atoms with Crippen LogP contribution in [-0.4, -0.2) is 24.9 Å². The van der Waals surface area contributed by atoms with Gasteiger partial charge in [0.05, 0.1) is 18.6 Å². The number of para-hydroxylation sites is 1. The van der Waals surface area contributed by atoms with Crippen LogP contribution in [0.4, 0.5) is 11.4 Å². The Labute approximate surface area is 138 Å². The van der Waals surface area contributed by atoms with E-state index in [0.717, 1.165) is 11.3 Å². The van der Waals surface area contributed by atoms with Crippen molar-refractivity contribution in [1.82, 2.24) is 0 Å². The van der Waals surface area contributed by atoms with Crippen molar-refractivity contribution in [2.24, 2.45) is 0 Å². The van der Waals surface area contributed by atoms with Crippen molar-refractivity contribution in [1.29, 1.82) is 0 Å². The van der Waals surface area contributed by atoms with Gasteiger partial charge in [0, 0.05) is 17.8 Å². The molecule has 6 heteroatoms. The van der Waals surface area contributed by atoms with Gasteiger partial charge in [0.1, 0.15) is 0 Å². The average Bonchev–Trinajstić information content (AvgIpc) is 2.90. The standard InChI is InChI=1S/C18H16N2O4/c1-24-18(23)11-5-4-6-12(9-11)19-16(21)10-14-13-7-2-3-8-15(13)20-17(14)22/h2-9,14H,10H2,1H3,(H,19,21)(H,20,22). The second-order valence-corrected chi connectivity index (χ2v) is 5.45. The van der Waals surface area contributed by atoms with Crippen LogP contribution in [0.5, 0.6) is 0 Å². The maximum atomic E-state index is 12.3. The number of nitrogens with one attached hydrogen (secondary N) is 2. The normalized spacial score (nSPS) is 15.4. The molecular formula is C18H16N2O4. The number of methoxy groups -OCH3 is 1. The number of hydrogen-bond donors (Lipinski definition) is 2. The molecule has 0 saturated heterocycles. The van der Waals surface area contributed by atoms with Crippen molar-refractivity contribution in [2.45, 2.75) is 12.3 Å². The summed E-state index contributed by atoms with van der Waals surface area (Å²) in [6.07, 6.45) is 0.0330. The monoisotopic (exact) mass is 324 g/mol. The molecule has 1 atom stereocenters. The van der Waals surface area contributed by atoms with E-state index in [1.54, 1.807) is 18.2 Å². The van der Waals surface area contributed by atoms with E-state index in [1.807, 2.05) is 24.3 Å². The number of esters is 1. The van der Waals surface area contributed by atoms with Gasteiger partial charge in [-0.25, -0.2) is 4.79 Å². The van der Waals surface area contributed by atoms with Crippen LogP contribution >= 0.6 is 0 Å². The van der Waals surface area contributed by atoms with Crippen LogP contribution in [0, 0.1) is 0 Å².